The maximum atomic E-state index is 9.60. The van der Waals surface area contributed by atoms with Gasteiger partial charge in [-0.3, -0.25) is 4.68 Å². The first-order valence-corrected chi connectivity index (χ1v) is 10.5. The summed E-state index contributed by atoms with van der Waals surface area (Å²) in [6.07, 6.45) is 9.24. The normalized spacial score (nSPS) is 21.3. The number of anilines is 1. The van der Waals surface area contributed by atoms with Crippen LogP contribution in [0.15, 0.2) is 49.2 Å². The zero-order valence-electron chi connectivity index (χ0n) is 17.6. The number of nitrogens with two attached hydrogens (primary N) is 1. The first-order chi connectivity index (χ1) is 15.2. The van der Waals surface area contributed by atoms with E-state index in [1.165, 1.54) is 0 Å². The van der Waals surface area contributed by atoms with E-state index >= 15 is 0 Å². The molecule has 2 fully saturated rings. The molecule has 1 saturated heterocycles. The van der Waals surface area contributed by atoms with Gasteiger partial charge in [-0.25, -0.2) is 9.50 Å². The molecule has 6 rings (SSSR count). The quantitative estimate of drug-likeness (QED) is 0.517. The minimum Gasteiger partial charge on any atom is -0.356 e. The number of hydrogen-bond donors (Lipinski definition) is 1. The highest BCUT2D eigenvalue weighted by atomic mass is 35.5. The molecule has 2 unspecified atom stereocenters. The van der Waals surface area contributed by atoms with Gasteiger partial charge in [-0.2, -0.15) is 15.5 Å². The fourth-order valence-corrected chi connectivity index (χ4v) is 5.07. The number of pyridine rings is 2. The molecule has 1 aliphatic carbocycles. The molecule has 2 atom stereocenters. The highest BCUT2D eigenvalue weighted by Crippen LogP contribution is 2.51. The Morgan fingerprint density at radius 1 is 1.06 bits per heavy atom. The molecule has 0 spiro atoms. The van der Waals surface area contributed by atoms with Gasteiger partial charge in [0.2, 0.25) is 0 Å². The Hall–Kier alpha value is -3.41. The molecule has 1 saturated carbocycles. The van der Waals surface area contributed by atoms with Gasteiger partial charge in [-0.15, -0.1) is 12.4 Å². The van der Waals surface area contributed by atoms with Crippen molar-refractivity contribution >= 4 is 23.7 Å². The summed E-state index contributed by atoms with van der Waals surface area (Å²) in [5, 5.41) is 18.3. The molecule has 2 aliphatic rings. The summed E-state index contributed by atoms with van der Waals surface area (Å²) in [6, 6.07) is 8.51. The molecule has 8 nitrogen and oxygen atoms in total. The largest absolute Gasteiger partial charge is 0.356 e. The van der Waals surface area contributed by atoms with Crippen LogP contribution in [0.2, 0.25) is 0 Å². The third-order valence-corrected chi connectivity index (χ3v) is 6.80. The molecule has 4 aromatic rings. The SMILES string of the molecule is Cl.Cn1cc(-c2cc(-c3ccc(N4CC5C(CN)C5C4)nc3)c3c(C#N)cnn3c2)cn1. The molecule has 0 aromatic carbocycles. The number of halogens is 1. The molecule has 1 aliphatic heterocycles. The lowest BCUT2D eigenvalue weighted by atomic mass is 10.0. The summed E-state index contributed by atoms with van der Waals surface area (Å²) in [6.45, 7) is 2.88. The van der Waals surface area contributed by atoms with E-state index in [0.717, 1.165) is 65.1 Å². The Labute approximate surface area is 191 Å². The number of piperidine rings is 1. The van der Waals surface area contributed by atoms with Crippen LogP contribution in [0.4, 0.5) is 5.82 Å². The summed E-state index contributed by atoms with van der Waals surface area (Å²) < 4.78 is 3.54. The first kappa shape index (κ1) is 20.5. The maximum absolute atomic E-state index is 9.60. The number of aryl methyl sites for hydroxylation is 1. The highest BCUT2D eigenvalue weighted by molar-refractivity contribution is 5.87. The van der Waals surface area contributed by atoms with Crippen LogP contribution in [0.5, 0.6) is 0 Å². The Kier molecular flexibility index (Phi) is 4.88. The van der Waals surface area contributed by atoms with Crippen LogP contribution < -0.4 is 10.6 Å². The summed E-state index contributed by atoms with van der Waals surface area (Å²) in [4.78, 5) is 7.12. The van der Waals surface area contributed by atoms with E-state index in [4.69, 9.17) is 10.7 Å². The van der Waals surface area contributed by atoms with Crippen LogP contribution in [-0.2, 0) is 7.05 Å². The van der Waals surface area contributed by atoms with Gasteiger partial charge in [0.25, 0.3) is 0 Å². The summed E-state index contributed by atoms with van der Waals surface area (Å²) in [5.41, 5.74) is 11.0. The number of aromatic nitrogens is 5. The molecule has 2 N–H and O–H groups in total. The van der Waals surface area contributed by atoms with Crippen molar-refractivity contribution in [1.29, 1.82) is 5.26 Å². The van der Waals surface area contributed by atoms with Gasteiger partial charge in [0, 0.05) is 61.0 Å². The molecule has 9 heteroatoms. The smallest absolute Gasteiger partial charge is 0.128 e. The summed E-state index contributed by atoms with van der Waals surface area (Å²) >= 11 is 0. The van der Waals surface area contributed by atoms with E-state index < -0.39 is 0 Å². The Bertz CT molecular complexity index is 1320. The highest BCUT2D eigenvalue weighted by Gasteiger charge is 2.54. The van der Waals surface area contributed by atoms with Crippen LogP contribution in [0.25, 0.3) is 27.8 Å². The van der Waals surface area contributed by atoms with Gasteiger partial charge in [-0.05, 0) is 42.5 Å². The zero-order chi connectivity index (χ0) is 21.1. The van der Waals surface area contributed by atoms with Crippen LogP contribution in [0, 0.1) is 29.1 Å². The number of rotatable bonds is 4. The third-order valence-electron chi connectivity index (χ3n) is 6.80. The second-order valence-corrected chi connectivity index (χ2v) is 8.55. The summed E-state index contributed by atoms with van der Waals surface area (Å²) in [7, 11) is 1.89. The Morgan fingerprint density at radius 3 is 2.50 bits per heavy atom. The molecule has 162 valence electrons. The molecule has 0 radical (unpaired) electrons. The third kappa shape index (κ3) is 3.13. The molecular weight excluding hydrogens is 424 g/mol. The molecule has 32 heavy (non-hydrogen) atoms. The van der Waals surface area contributed by atoms with Gasteiger partial charge in [0.05, 0.1) is 23.5 Å². The number of fused-ring (bicyclic) bond motifs is 2. The van der Waals surface area contributed by atoms with E-state index in [1.54, 1.807) is 15.4 Å². The van der Waals surface area contributed by atoms with Gasteiger partial charge in [0.1, 0.15) is 11.9 Å². The van der Waals surface area contributed by atoms with Crippen molar-refractivity contribution in [2.24, 2.45) is 30.5 Å². The molecular formula is C23H23ClN8. The standard InChI is InChI=1S/C23H22N8.ClH/c1-29-10-17(9-27-29)15-4-18(23-16(5-24)8-28-31(23)11-15)14-2-3-22(26-7-14)30-12-20-19(6-25)21(20)13-30;/h2-4,7-11,19-21H,6,12-13,25H2,1H3;1H. The van der Waals surface area contributed by atoms with Crippen molar-refractivity contribution in [2.75, 3.05) is 24.5 Å². The monoisotopic (exact) mass is 446 g/mol. The number of hydrogen-bond acceptors (Lipinski definition) is 6. The number of nitriles is 1. The lowest BCUT2D eigenvalue weighted by molar-refractivity contribution is 0.644. The summed E-state index contributed by atoms with van der Waals surface area (Å²) in [5.74, 6) is 3.16. The van der Waals surface area contributed by atoms with Crippen molar-refractivity contribution in [2.45, 2.75) is 0 Å². The van der Waals surface area contributed by atoms with Gasteiger partial charge in [0.15, 0.2) is 0 Å². The number of nitrogens with zero attached hydrogens (tertiary/aromatic N) is 7. The Morgan fingerprint density at radius 2 is 1.88 bits per heavy atom. The van der Waals surface area contributed by atoms with Crippen molar-refractivity contribution in [1.82, 2.24) is 24.4 Å². The molecule has 0 bridgehead atoms. The van der Waals surface area contributed by atoms with Crippen molar-refractivity contribution < 1.29 is 0 Å². The average Bonchev–Trinajstić information content (AvgIpc) is 3.23. The maximum Gasteiger partial charge on any atom is 0.128 e. The van der Waals surface area contributed by atoms with E-state index in [9.17, 15) is 5.26 Å². The Balaban J connectivity index is 0.00000216. The minimum atomic E-state index is 0. The average molecular weight is 447 g/mol. The van der Waals surface area contributed by atoms with E-state index in [2.05, 4.69) is 39.4 Å². The predicted octanol–water partition coefficient (Wildman–Crippen LogP) is 2.73. The van der Waals surface area contributed by atoms with Gasteiger partial charge >= 0.3 is 0 Å². The van der Waals surface area contributed by atoms with Crippen molar-refractivity contribution in [3.63, 3.8) is 0 Å². The van der Waals surface area contributed by atoms with Gasteiger partial charge < -0.3 is 10.6 Å². The van der Waals surface area contributed by atoms with Crippen LogP contribution in [0.3, 0.4) is 0 Å². The van der Waals surface area contributed by atoms with Crippen molar-refractivity contribution in [3.05, 3.63) is 54.7 Å². The van der Waals surface area contributed by atoms with E-state index in [-0.39, 0.29) is 12.4 Å². The molecule has 4 aromatic heterocycles. The zero-order valence-corrected chi connectivity index (χ0v) is 18.4. The fraction of sp³-hybridized carbons (Fsp3) is 0.304. The van der Waals surface area contributed by atoms with Crippen LogP contribution in [-0.4, -0.2) is 44.0 Å². The second kappa shape index (κ2) is 7.62. The second-order valence-electron chi connectivity index (χ2n) is 8.55. The lowest BCUT2D eigenvalue weighted by Gasteiger charge is -2.20. The van der Waals surface area contributed by atoms with Crippen molar-refractivity contribution in [3.8, 4) is 28.3 Å². The minimum absolute atomic E-state index is 0. The van der Waals surface area contributed by atoms with E-state index in [0.29, 0.717) is 11.5 Å². The molecule has 0 amide bonds. The fourth-order valence-electron chi connectivity index (χ4n) is 5.07. The van der Waals surface area contributed by atoms with Crippen LogP contribution >= 0.6 is 12.4 Å². The molecule has 5 heterocycles. The van der Waals surface area contributed by atoms with E-state index in [1.807, 2.05) is 31.8 Å². The predicted molar refractivity (Wildman–Crippen MR) is 124 cm³/mol. The first-order valence-electron chi connectivity index (χ1n) is 10.5. The lowest BCUT2D eigenvalue weighted by Crippen LogP contribution is -2.26. The van der Waals surface area contributed by atoms with Gasteiger partial charge in [-0.1, -0.05) is 0 Å². The topological polar surface area (TPSA) is 101 Å². The van der Waals surface area contributed by atoms with Crippen LogP contribution in [0.1, 0.15) is 5.56 Å².